The number of anilines is 1. The highest BCUT2D eigenvalue weighted by Gasteiger charge is 2.13. The zero-order valence-corrected chi connectivity index (χ0v) is 13.3. The van der Waals surface area contributed by atoms with Gasteiger partial charge < -0.3 is 15.4 Å². The maximum atomic E-state index is 12.9. The summed E-state index contributed by atoms with van der Waals surface area (Å²) in [4.78, 5) is 13.6. The first kappa shape index (κ1) is 16.4. The molecule has 3 rings (SSSR count). The molecule has 3 N–H and O–H groups in total. The minimum Gasteiger partial charge on any atom is -0.423 e. The molecule has 0 aliphatic heterocycles. The van der Waals surface area contributed by atoms with Crippen molar-refractivity contribution in [3.63, 3.8) is 0 Å². The van der Waals surface area contributed by atoms with Crippen molar-refractivity contribution in [2.24, 2.45) is 0 Å². The van der Waals surface area contributed by atoms with Crippen LogP contribution in [0.1, 0.15) is 9.67 Å². The second-order valence-corrected chi connectivity index (χ2v) is 6.20. The molecule has 0 aliphatic carbocycles. The van der Waals surface area contributed by atoms with E-state index in [-0.39, 0.29) is 11.7 Å². The molecule has 0 atom stereocenters. The molecule has 120 valence electrons. The molecule has 0 spiro atoms. The summed E-state index contributed by atoms with van der Waals surface area (Å²) in [5.74, 6) is -0.622. The monoisotopic (exact) mass is 341 g/mol. The maximum Gasteiger partial charge on any atom is 0.488 e. The number of carbonyl (C=O) groups is 1. The van der Waals surface area contributed by atoms with Gasteiger partial charge in [-0.1, -0.05) is 24.3 Å². The molecule has 7 heteroatoms. The van der Waals surface area contributed by atoms with Gasteiger partial charge in [-0.05, 0) is 47.4 Å². The molecule has 0 aliphatic rings. The SMILES string of the molecule is O=C(Nc1ccc(F)cc1)c1ccc(-c2ccc(B(O)O)cc2)s1. The summed E-state index contributed by atoms with van der Waals surface area (Å²) in [6.07, 6.45) is 0. The highest BCUT2D eigenvalue weighted by molar-refractivity contribution is 7.17. The lowest BCUT2D eigenvalue weighted by Crippen LogP contribution is -2.29. The summed E-state index contributed by atoms with van der Waals surface area (Å²) in [7, 11) is -1.50. The van der Waals surface area contributed by atoms with Crippen LogP contribution < -0.4 is 10.8 Å². The Morgan fingerprint density at radius 3 is 2.25 bits per heavy atom. The van der Waals surface area contributed by atoms with Crippen LogP contribution >= 0.6 is 11.3 Å². The number of benzene rings is 2. The van der Waals surface area contributed by atoms with Gasteiger partial charge in [0.25, 0.3) is 5.91 Å². The first-order valence-corrected chi connectivity index (χ1v) is 7.98. The van der Waals surface area contributed by atoms with Gasteiger partial charge in [0.15, 0.2) is 0 Å². The number of carbonyl (C=O) groups excluding carboxylic acids is 1. The van der Waals surface area contributed by atoms with Gasteiger partial charge in [-0.3, -0.25) is 4.79 Å². The van der Waals surface area contributed by atoms with Gasteiger partial charge in [0.1, 0.15) is 5.82 Å². The lowest BCUT2D eigenvalue weighted by Gasteiger charge is -2.03. The Kier molecular flexibility index (Phi) is 4.75. The van der Waals surface area contributed by atoms with Crippen LogP contribution in [0.25, 0.3) is 10.4 Å². The van der Waals surface area contributed by atoms with Gasteiger partial charge >= 0.3 is 7.12 Å². The number of rotatable bonds is 4. The molecule has 0 bridgehead atoms. The fraction of sp³-hybridized carbons (Fsp3) is 0. The third kappa shape index (κ3) is 3.71. The van der Waals surface area contributed by atoms with E-state index in [9.17, 15) is 9.18 Å². The Bertz CT molecular complexity index is 847. The molecule has 3 aromatic rings. The van der Waals surface area contributed by atoms with Crippen molar-refractivity contribution < 1.29 is 19.2 Å². The third-order valence-electron chi connectivity index (χ3n) is 3.43. The normalized spacial score (nSPS) is 10.5. The first-order valence-electron chi connectivity index (χ1n) is 7.16. The van der Waals surface area contributed by atoms with Gasteiger partial charge in [0, 0.05) is 10.6 Å². The Labute approximate surface area is 142 Å². The molecule has 1 heterocycles. The van der Waals surface area contributed by atoms with Crippen molar-refractivity contribution in [3.05, 3.63) is 71.4 Å². The molecule has 4 nitrogen and oxygen atoms in total. The summed E-state index contributed by atoms with van der Waals surface area (Å²) >= 11 is 1.32. The molecule has 0 unspecified atom stereocenters. The van der Waals surface area contributed by atoms with E-state index in [4.69, 9.17) is 10.0 Å². The van der Waals surface area contributed by atoms with Gasteiger partial charge in [-0.2, -0.15) is 0 Å². The van der Waals surface area contributed by atoms with Crippen LogP contribution in [0.5, 0.6) is 0 Å². The topological polar surface area (TPSA) is 69.6 Å². The maximum absolute atomic E-state index is 12.9. The molecule has 2 aromatic carbocycles. The summed E-state index contributed by atoms with van der Waals surface area (Å²) in [6, 6.07) is 15.9. The van der Waals surface area contributed by atoms with Crippen LogP contribution in [0.4, 0.5) is 10.1 Å². The lowest BCUT2D eigenvalue weighted by molar-refractivity contribution is 0.103. The second-order valence-electron chi connectivity index (χ2n) is 5.12. The van der Waals surface area contributed by atoms with Gasteiger partial charge in [-0.25, -0.2) is 4.39 Å². The average Bonchev–Trinajstić information content (AvgIpc) is 3.07. The standard InChI is InChI=1S/C17H13BFNO3S/c19-13-5-7-14(8-6-13)20-17(21)16-10-9-15(24-16)11-1-3-12(4-2-11)18(22)23/h1-10,22-23H,(H,20,21). The number of nitrogens with one attached hydrogen (secondary N) is 1. The highest BCUT2D eigenvalue weighted by Crippen LogP contribution is 2.28. The van der Waals surface area contributed by atoms with Crippen molar-refractivity contribution >= 4 is 35.5 Å². The van der Waals surface area contributed by atoms with Gasteiger partial charge in [-0.15, -0.1) is 11.3 Å². The largest absolute Gasteiger partial charge is 0.488 e. The van der Waals surface area contributed by atoms with E-state index in [1.807, 2.05) is 6.07 Å². The van der Waals surface area contributed by atoms with Crippen molar-refractivity contribution in [2.45, 2.75) is 0 Å². The number of hydrogen-bond acceptors (Lipinski definition) is 4. The molecule has 24 heavy (non-hydrogen) atoms. The Hall–Kier alpha value is -2.48. The van der Waals surface area contributed by atoms with E-state index in [2.05, 4.69) is 5.32 Å². The van der Waals surface area contributed by atoms with Crippen LogP contribution in [0.3, 0.4) is 0 Å². The summed E-state index contributed by atoms with van der Waals surface area (Å²) in [6.45, 7) is 0. The fourth-order valence-electron chi connectivity index (χ4n) is 2.16. The summed E-state index contributed by atoms with van der Waals surface area (Å²) in [5.41, 5.74) is 1.81. The van der Waals surface area contributed by atoms with Crippen LogP contribution in [0.15, 0.2) is 60.7 Å². The molecule has 0 saturated carbocycles. The molecular weight excluding hydrogens is 328 g/mol. The predicted molar refractivity (Wildman–Crippen MR) is 93.9 cm³/mol. The molecule has 0 fully saturated rings. The van der Waals surface area contributed by atoms with E-state index in [1.165, 1.54) is 35.6 Å². The Morgan fingerprint density at radius 2 is 1.62 bits per heavy atom. The lowest BCUT2D eigenvalue weighted by atomic mass is 9.80. The van der Waals surface area contributed by atoms with E-state index in [1.54, 1.807) is 30.3 Å². The summed E-state index contributed by atoms with van der Waals surface area (Å²) < 4.78 is 12.9. The number of amides is 1. The molecule has 0 saturated heterocycles. The zero-order chi connectivity index (χ0) is 17.1. The van der Waals surface area contributed by atoms with Gasteiger partial charge in [0.05, 0.1) is 4.88 Å². The second kappa shape index (κ2) is 6.96. The number of hydrogen-bond donors (Lipinski definition) is 3. The number of thiophene rings is 1. The van der Waals surface area contributed by atoms with E-state index in [0.29, 0.717) is 16.0 Å². The third-order valence-corrected chi connectivity index (χ3v) is 4.56. The van der Waals surface area contributed by atoms with Crippen molar-refractivity contribution in [2.75, 3.05) is 5.32 Å². The van der Waals surface area contributed by atoms with Crippen molar-refractivity contribution in [3.8, 4) is 10.4 Å². The van der Waals surface area contributed by atoms with Crippen LogP contribution in [-0.2, 0) is 0 Å². The van der Waals surface area contributed by atoms with Crippen LogP contribution in [0, 0.1) is 5.82 Å². The molecule has 1 aromatic heterocycles. The van der Waals surface area contributed by atoms with E-state index in [0.717, 1.165) is 10.4 Å². The van der Waals surface area contributed by atoms with Gasteiger partial charge in [0.2, 0.25) is 0 Å². The highest BCUT2D eigenvalue weighted by atomic mass is 32.1. The summed E-state index contributed by atoms with van der Waals surface area (Å²) in [5, 5.41) is 20.9. The number of halogens is 1. The van der Waals surface area contributed by atoms with Crippen molar-refractivity contribution in [1.82, 2.24) is 0 Å². The van der Waals surface area contributed by atoms with E-state index < -0.39 is 7.12 Å². The minimum atomic E-state index is -1.50. The Balaban J connectivity index is 1.74. The minimum absolute atomic E-state index is 0.264. The quantitative estimate of drug-likeness (QED) is 0.639. The molecule has 0 radical (unpaired) electrons. The van der Waals surface area contributed by atoms with Crippen LogP contribution in [0.2, 0.25) is 0 Å². The zero-order valence-electron chi connectivity index (χ0n) is 12.4. The van der Waals surface area contributed by atoms with Crippen molar-refractivity contribution in [1.29, 1.82) is 0 Å². The first-order chi connectivity index (χ1) is 11.5. The molecular formula is C17H13BFNO3S. The predicted octanol–water partition coefficient (Wildman–Crippen LogP) is 2.49. The molecule has 1 amide bonds. The average molecular weight is 341 g/mol. The fourth-order valence-corrected chi connectivity index (χ4v) is 3.07. The smallest absolute Gasteiger partial charge is 0.423 e. The Morgan fingerprint density at radius 1 is 0.958 bits per heavy atom. The van der Waals surface area contributed by atoms with E-state index >= 15 is 0 Å². The van der Waals surface area contributed by atoms with Crippen LogP contribution in [-0.4, -0.2) is 23.1 Å².